The van der Waals surface area contributed by atoms with E-state index < -0.39 is 0 Å². The van der Waals surface area contributed by atoms with Gasteiger partial charge in [0.15, 0.2) is 5.82 Å². The zero-order valence-electron chi connectivity index (χ0n) is 13.3. The number of halogens is 2. The number of hydrogen-bond donors (Lipinski definition) is 2. The molecule has 7 heteroatoms. The molecule has 0 atom stereocenters. The lowest BCUT2D eigenvalue weighted by Crippen LogP contribution is -2.25. The maximum absolute atomic E-state index is 12.9. The molecular weight excluding hydrogens is 326 g/mol. The number of aromatic nitrogens is 3. The van der Waals surface area contributed by atoms with Crippen molar-refractivity contribution in [1.29, 1.82) is 0 Å². The molecule has 2 N–H and O–H groups in total. The zero-order chi connectivity index (χ0) is 17.6. The first-order chi connectivity index (χ1) is 12.1. The second-order valence-electron chi connectivity index (χ2n) is 5.58. The van der Waals surface area contributed by atoms with Crippen molar-refractivity contribution in [2.24, 2.45) is 0 Å². The molecule has 0 aliphatic carbocycles. The van der Waals surface area contributed by atoms with Crippen LogP contribution in [0.4, 0.5) is 8.78 Å². The lowest BCUT2D eigenvalue weighted by molar-refractivity contribution is -0.120. The van der Waals surface area contributed by atoms with Crippen molar-refractivity contribution in [3.63, 3.8) is 0 Å². The quantitative estimate of drug-likeness (QED) is 0.723. The molecule has 0 unspecified atom stereocenters. The molecule has 1 aromatic heterocycles. The Morgan fingerprint density at radius 3 is 2.20 bits per heavy atom. The molecule has 1 amide bonds. The molecule has 0 bridgehead atoms. The second-order valence-corrected chi connectivity index (χ2v) is 5.58. The highest BCUT2D eigenvalue weighted by Gasteiger charge is 2.09. The van der Waals surface area contributed by atoms with Crippen molar-refractivity contribution in [2.45, 2.75) is 19.4 Å². The number of amides is 1. The summed E-state index contributed by atoms with van der Waals surface area (Å²) in [4.78, 5) is 16.2. The van der Waals surface area contributed by atoms with E-state index in [1.54, 1.807) is 24.3 Å². The first-order valence-electron chi connectivity index (χ1n) is 7.74. The van der Waals surface area contributed by atoms with Gasteiger partial charge in [0.25, 0.3) is 0 Å². The number of carbonyl (C=O) groups excluding carboxylic acids is 1. The zero-order valence-corrected chi connectivity index (χ0v) is 13.3. The summed E-state index contributed by atoms with van der Waals surface area (Å²) in [6.45, 7) is 0.311. The van der Waals surface area contributed by atoms with Crippen molar-refractivity contribution in [2.75, 3.05) is 0 Å². The van der Waals surface area contributed by atoms with Crippen LogP contribution in [0.2, 0.25) is 0 Å². The Hall–Kier alpha value is -3.09. The Kier molecular flexibility index (Phi) is 5.13. The molecule has 5 nitrogen and oxygen atoms in total. The minimum atomic E-state index is -0.315. The van der Waals surface area contributed by atoms with Gasteiger partial charge in [-0.05, 0) is 35.4 Å². The number of carbonyl (C=O) groups is 1. The Labute approximate surface area is 143 Å². The molecule has 2 aromatic carbocycles. The van der Waals surface area contributed by atoms with Gasteiger partial charge in [-0.3, -0.25) is 9.89 Å². The number of nitrogens with zero attached hydrogens (tertiary/aromatic N) is 2. The molecule has 25 heavy (non-hydrogen) atoms. The second kappa shape index (κ2) is 7.65. The van der Waals surface area contributed by atoms with Gasteiger partial charge in [-0.1, -0.05) is 24.3 Å². The number of H-pyrrole nitrogens is 1. The van der Waals surface area contributed by atoms with Crippen LogP contribution < -0.4 is 5.32 Å². The average Bonchev–Trinajstić information content (AvgIpc) is 3.03. The highest BCUT2D eigenvalue weighted by Crippen LogP contribution is 2.08. The van der Waals surface area contributed by atoms with E-state index in [0.29, 0.717) is 24.6 Å². The van der Waals surface area contributed by atoms with Crippen molar-refractivity contribution in [1.82, 2.24) is 20.5 Å². The Balaban J connectivity index is 1.51. The van der Waals surface area contributed by atoms with Crippen LogP contribution in [0.5, 0.6) is 0 Å². The summed E-state index contributed by atoms with van der Waals surface area (Å²) >= 11 is 0. The minimum absolute atomic E-state index is 0.0428. The van der Waals surface area contributed by atoms with Gasteiger partial charge in [0.1, 0.15) is 17.5 Å². The predicted octanol–water partition coefficient (Wildman–Crippen LogP) is 2.53. The van der Waals surface area contributed by atoms with Gasteiger partial charge in [-0.15, -0.1) is 0 Å². The van der Waals surface area contributed by atoms with E-state index in [1.165, 1.54) is 24.3 Å². The Morgan fingerprint density at radius 2 is 1.56 bits per heavy atom. The number of nitrogens with one attached hydrogen (secondary N) is 2. The number of benzene rings is 2. The van der Waals surface area contributed by atoms with Gasteiger partial charge in [0.2, 0.25) is 5.91 Å². The monoisotopic (exact) mass is 342 g/mol. The molecule has 0 spiro atoms. The summed E-state index contributed by atoms with van der Waals surface area (Å²) < 4.78 is 25.7. The van der Waals surface area contributed by atoms with Gasteiger partial charge in [0.05, 0.1) is 6.42 Å². The average molecular weight is 342 g/mol. The van der Waals surface area contributed by atoms with Gasteiger partial charge >= 0.3 is 0 Å². The van der Waals surface area contributed by atoms with E-state index in [9.17, 15) is 13.6 Å². The van der Waals surface area contributed by atoms with Gasteiger partial charge in [-0.2, -0.15) is 5.10 Å². The molecule has 3 aromatic rings. The van der Waals surface area contributed by atoms with Crippen molar-refractivity contribution < 1.29 is 13.6 Å². The third kappa shape index (κ3) is 4.94. The molecule has 0 saturated heterocycles. The fourth-order valence-corrected chi connectivity index (χ4v) is 2.30. The summed E-state index contributed by atoms with van der Waals surface area (Å²) in [5.74, 6) is 0.155. The SMILES string of the molecule is O=C(Cc1n[nH]c(Cc2ccc(F)cc2)n1)NCc1ccc(F)cc1. The van der Waals surface area contributed by atoms with E-state index in [1.807, 2.05) is 0 Å². The van der Waals surface area contributed by atoms with E-state index >= 15 is 0 Å². The lowest BCUT2D eigenvalue weighted by atomic mass is 10.1. The number of rotatable bonds is 6. The topological polar surface area (TPSA) is 70.7 Å². The van der Waals surface area contributed by atoms with Crippen molar-refractivity contribution in [3.05, 3.63) is 82.9 Å². The minimum Gasteiger partial charge on any atom is -0.352 e. The molecule has 0 radical (unpaired) electrons. The summed E-state index contributed by atoms with van der Waals surface area (Å²) in [5, 5.41) is 9.53. The van der Waals surface area contributed by atoms with E-state index in [0.717, 1.165) is 11.1 Å². The maximum Gasteiger partial charge on any atom is 0.228 e. The molecule has 128 valence electrons. The summed E-state index contributed by atoms with van der Waals surface area (Å²) in [7, 11) is 0. The van der Waals surface area contributed by atoms with Crippen molar-refractivity contribution in [3.8, 4) is 0 Å². The van der Waals surface area contributed by atoms with Gasteiger partial charge < -0.3 is 5.32 Å². The third-order valence-corrected chi connectivity index (χ3v) is 3.58. The van der Waals surface area contributed by atoms with Crippen molar-refractivity contribution >= 4 is 5.91 Å². The molecule has 1 heterocycles. The van der Waals surface area contributed by atoms with E-state index in [-0.39, 0.29) is 24.0 Å². The summed E-state index contributed by atoms with van der Waals surface area (Å²) in [6, 6.07) is 12.0. The molecule has 3 rings (SSSR count). The van der Waals surface area contributed by atoms with E-state index in [2.05, 4.69) is 20.5 Å². The van der Waals surface area contributed by atoms with Crippen LogP contribution in [0.1, 0.15) is 22.8 Å². The third-order valence-electron chi connectivity index (χ3n) is 3.58. The predicted molar refractivity (Wildman–Crippen MR) is 87.5 cm³/mol. The van der Waals surface area contributed by atoms with Crippen LogP contribution in [-0.4, -0.2) is 21.1 Å². The Morgan fingerprint density at radius 1 is 0.960 bits per heavy atom. The van der Waals surface area contributed by atoms with Gasteiger partial charge in [-0.25, -0.2) is 13.8 Å². The first-order valence-corrected chi connectivity index (χ1v) is 7.74. The molecule has 0 fully saturated rings. The summed E-state index contributed by atoms with van der Waals surface area (Å²) in [5.41, 5.74) is 1.70. The Bertz CT molecular complexity index is 844. The van der Waals surface area contributed by atoms with E-state index in [4.69, 9.17) is 0 Å². The molecular formula is C18H16F2N4O. The lowest BCUT2D eigenvalue weighted by Gasteiger charge is -2.03. The normalized spacial score (nSPS) is 10.6. The highest BCUT2D eigenvalue weighted by atomic mass is 19.1. The number of hydrogen-bond acceptors (Lipinski definition) is 3. The summed E-state index contributed by atoms with van der Waals surface area (Å²) in [6.07, 6.45) is 0.519. The molecule has 0 aliphatic rings. The standard InChI is InChI=1S/C18H16F2N4O/c19-14-5-1-12(2-6-14)9-16-22-17(24-23-16)10-18(25)21-11-13-3-7-15(20)8-4-13/h1-8H,9-11H2,(H,21,25)(H,22,23,24). The fraction of sp³-hybridized carbons (Fsp3) is 0.167. The van der Waals surface area contributed by atoms with Crippen LogP contribution in [0.25, 0.3) is 0 Å². The van der Waals surface area contributed by atoms with Crippen LogP contribution in [0.3, 0.4) is 0 Å². The highest BCUT2D eigenvalue weighted by molar-refractivity contribution is 5.77. The van der Waals surface area contributed by atoms with Crippen LogP contribution in [0.15, 0.2) is 48.5 Å². The largest absolute Gasteiger partial charge is 0.352 e. The fourth-order valence-electron chi connectivity index (χ4n) is 2.30. The van der Waals surface area contributed by atoms with Crippen LogP contribution >= 0.6 is 0 Å². The first kappa shape index (κ1) is 16.8. The van der Waals surface area contributed by atoms with Crippen LogP contribution in [-0.2, 0) is 24.2 Å². The number of aromatic amines is 1. The molecule has 0 saturated carbocycles. The maximum atomic E-state index is 12.9. The smallest absolute Gasteiger partial charge is 0.228 e. The van der Waals surface area contributed by atoms with Gasteiger partial charge in [0, 0.05) is 13.0 Å². The van der Waals surface area contributed by atoms with Crippen LogP contribution in [0, 0.1) is 11.6 Å². The molecule has 0 aliphatic heterocycles.